The van der Waals surface area contributed by atoms with Gasteiger partial charge in [0.05, 0.1) is 11.1 Å². The average Bonchev–Trinajstić information content (AvgIpc) is 2.93. The predicted octanol–water partition coefficient (Wildman–Crippen LogP) is 1.06. The third-order valence-corrected chi connectivity index (χ3v) is 5.24. The third-order valence-electron chi connectivity index (χ3n) is 5.24. The molecule has 8 nitrogen and oxygen atoms in total. The molecule has 28 heavy (non-hydrogen) atoms. The van der Waals surface area contributed by atoms with Crippen LogP contribution in [0.15, 0.2) is 18.2 Å². The van der Waals surface area contributed by atoms with Gasteiger partial charge in [0.1, 0.15) is 0 Å². The van der Waals surface area contributed by atoms with Crippen molar-refractivity contribution in [2.75, 3.05) is 33.4 Å². The summed E-state index contributed by atoms with van der Waals surface area (Å²) >= 11 is 0. The normalized spacial score (nSPS) is 17.1. The lowest BCUT2D eigenvalue weighted by molar-refractivity contribution is -0.129. The van der Waals surface area contributed by atoms with Crippen LogP contribution in [0.5, 0.6) is 0 Å². The zero-order valence-electron chi connectivity index (χ0n) is 16.2. The van der Waals surface area contributed by atoms with E-state index in [1.807, 2.05) is 0 Å². The molecule has 0 aliphatic carbocycles. The predicted molar refractivity (Wildman–Crippen MR) is 101 cm³/mol. The van der Waals surface area contributed by atoms with Crippen molar-refractivity contribution in [3.05, 3.63) is 34.9 Å². The van der Waals surface area contributed by atoms with Gasteiger partial charge in [0.25, 0.3) is 17.7 Å². The van der Waals surface area contributed by atoms with E-state index in [9.17, 15) is 19.2 Å². The molecule has 8 heteroatoms. The summed E-state index contributed by atoms with van der Waals surface area (Å²) in [7, 11) is 1.57. The van der Waals surface area contributed by atoms with Crippen molar-refractivity contribution < 1.29 is 23.9 Å². The molecule has 3 rings (SSSR count). The second kappa shape index (κ2) is 8.52. The summed E-state index contributed by atoms with van der Waals surface area (Å²) in [6, 6.07) is 4.59. The standard InChI is InChI=1S/C20H25N3O5/c1-13(24)22-9-6-15(7-10-22)21-18(25)14-4-5-16-17(12-14)20(27)23(19(16)26)8-3-11-28-2/h4-5,12,15H,3,6-11H2,1-2H3,(H,21,25). The number of nitrogens with one attached hydrogen (secondary N) is 1. The topological polar surface area (TPSA) is 96.0 Å². The molecule has 2 heterocycles. The Hall–Kier alpha value is -2.74. The van der Waals surface area contributed by atoms with E-state index >= 15 is 0 Å². The van der Waals surface area contributed by atoms with Crippen molar-refractivity contribution in [3.8, 4) is 0 Å². The van der Waals surface area contributed by atoms with E-state index in [0.717, 1.165) is 0 Å². The highest BCUT2D eigenvalue weighted by molar-refractivity contribution is 6.22. The van der Waals surface area contributed by atoms with Crippen LogP contribution in [0.25, 0.3) is 0 Å². The first-order chi connectivity index (χ1) is 13.4. The minimum atomic E-state index is -0.375. The molecule has 1 saturated heterocycles. The van der Waals surface area contributed by atoms with Crippen LogP contribution in [0.3, 0.4) is 0 Å². The van der Waals surface area contributed by atoms with Gasteiger partial charge in [-0.3, -0.25) is 24.1 Å². The van der Waals surface area contributed by atoms with Gasteiger partial charge >= 0.3 is 0 Å². The number of fused-ring (bicyclic) bond motifs is 1. The smallest absolute Gasteiger partial charge is 0.261 e. The van der Waals surface area contributed by atoms with Crippen LogP contribution in [-0.4, -0.2) is 72.8 Å². The van der Waals surface area contributed by atoms with Gasteiger partial charge in [-0.1, -0.05) is 0 Å². The number of rotatable bonds is 6. The van der Waals surface area contributed by atoms with Gasteiger partial charge in [-0.2, -0.15) is 0 Å². The molecule has 0 aromatic heterocycles. The minimum absolute atomic E-state index is 0.0146. The van der Waals surface area contributed by atoms with Gasteiger partial charge in [-0.05, 0) is 37.5 Å². The molecular formula is C20H25N3O5. The van der Waals surface area contributed by atoms with Gasteiger partial charge in [0, 0.05) is 51.9 Å². The minimum Gasteiger partial charge on any atom is -0.385 e. The number of hydrogen-bond acceptors (Lipinski definition) is 5. The summed E-state index contributed by atoms with van der Waals surface area (Å²) in [6.07, 6.45) is 1.95. The van der Waals surface area contributed by atoms with Crippen LogP contribution in [0.1, 0.15) is 57.3 Å². The second-order valence-electron chi connectivity index (χ2n) is 7.12. The van der Waals surface area contributed by atoms with E-state index < -0.39 is 0 Å². The van der Waals surface area contributed by atoms with E-state index in [1.54, 1.807) is 31.1 Å². The summed E-state index contributed by atoms with van der Waals surface area (Å²) in [5.41, 5.74) is 0.947. The van der Waals surface area contributed by atoms with Crippen LogP contribution in [0.4, 0.5) is 0 Å². The number of piperidine rings is 1. The van der Waals surface area contributed by atoms with Crippen LogP contribution < -0.4 is 5.32 Å². The number of ether oxygens (including phenoxy) is 1. The van der Waals surface area contributed by atoms with E-state index in [1.165, 1.54) is 11.0 Å². The van der Waals surface area contributed by atoms with Crippen LogP contribution in [0, 0.1) is 0 Å². The molecule has 1 aromatic rings. The fraction of sp³-hybridized carbons (Fsp3) is 0.500. The number of imide groups is 1. The van der Waals surface area contributed by atoms with Gasteiger partial charge in [0.2, 0.25) is 5.91 Å². The Kier molecular flexibility index (Phi) is 6.08. The zero-order chi connectivity index (χ0) is 20.3. The number of benzene rings is 1. The number of amides is 4. The van der Waals surface area contributed by atoms with E-state index in [-0.39, 0.29) is 41.8 Å². The first kappa shape index (κ1) is 20.0. The van der Waals surface area contributed by atoms with Gasteiger partial charge < -0.3 is 15.0 Å². The van der Waals surface area contributed by atoms with Gasteiger partial charge in [-0.25, -0.2) is 0 Å². The lowest BCUT2D eigenvalue weighted by Gasteiger charge is -2.31. The summed E-state index contributed by atoms with van der Waals surface area (Å²) in [5, 5.41) is 2.96. The molecule has 150 valence electrons. The molecule has 2 aliphatic rings. The maximum Gasteiger partial charge on any atom is 0.261 e. The second-order valence-corrected chi connectivity index (χ2v) is 7.12. The third kappa shape index (κ3) is 4.06. The quantitative estimate of drug-likeness (QED) is 0.582. The first-order valence-corrected chi connectivity index (χ1v) is 9.48. The number of carbonyl (C=O) groups excluding carboxylic acids is 4. The Labute approximate surface area is 163 Å². The van der Waals surface area contributed by atoms with Gasteiger partial charge in [-0.15, -0.1) is 0 Å². The number of likely N-dealkylation sites (tertiary alicyclic amines) is 1. The molecule has 1 N–H and O–H groups in total. The molecule has 1 aromatic carbocycles. The number of methoxy groups -OCH3 is 1. The molecule has 0 unspecified atom stereocenters. The van der Waals surface area contributed by atoms with Crippen LogP contribution in [0.2, 0.25) is 0 Å². The lowest BCUT2D eigenvalue weighted by atomic mass is 10.0. The monoisotopic (exact) mass is 387 g/mol. The van der Waals surface area contributed by atoms with Crippen molar-refractivity contribution in [3.63, 3.8) is 0 Å². The Bertz CT molecular complexity index is 799. The zero-order valence-corrected chi connectivity index (χ0v) is 16.2. The van der Waals surface area contributed by atoms with Crippen molar-refractivity contribution in [1.82, 2.24) is 15.1 Å². The molecule has 0 atom stereocenters. The molecule has 4 amide bonds. The van der Waals surface area contributed by atoms with E-state index in [4.69, 9.17) is 4.74 Å². The SMILES string of the molecule is COCCCN1C(=O)c2ccc(C(=O)NC3CCN(C(C)=O)CC3)cc2C1=O. The maximum atomic E-state index is 12.6. The highest BCUT2D eigenvalue weighted by Crippen LogP contribution is 2.24. The summed E-state index contributed by atoms with van der Waals surface area (Å²) < 4.78 is 4.97. The highest BCUT2D eigenvalue weighted by Gasteiger charge is 2.35. The molecule has 0 saturated carbocycles. The fourth-order valence-electron chi connectivity index (χ4n) is 3.61. The Morgan fingerprint density at radius 3 is 2.46 bits per heavy atom. The Morgan fingerprint density at radius 2 is 1.82 bits per heavy atom. The summed E-state index contributed by atoms with van der Waals surface area (Å²) in [5.74, 6) is -0.941. The van der Waals surface area contributed by atoms with E-state index in [2.05, 4.69) is 5.32 Å². The number of nitrogens with zero attached hydrogens (tertiary/aromatic N) is 2. The summed E-state index contributed by atoms with van der Waals surface area (Å²) in [6.45, 7) is 3.53. The highest BCUT2D eigenvalue weighted by atomic mass is 16.5. The molecule has 1 fully saturated rings. The van der Waals surface area contributed by atoms with Gasteiger partial charge in [0.15, 0.2) is 0 Å². The van der Waals surface area contributed by atoms with Crippen LogP contribution in [-0.2, 0) is 9.53 Å². The molecule has 0 bridgehead atoms. The van der Waals surface area contributed by atoms with E-state index in [0.29, 0.717) is 50.1 Å². The lowest BCUT2D eigenvalue weighted by Crippen LogP contribution is -2.46. The van der Waals surface area contributed by atoms with Crippen molar-refractivity contribution >= 4 is 23.6 Å². The van der Waals surface area contributed by atoms with Crippen molar-refractivity contribution in [1.29, 1.82) is 0 Å². The summed E-state index contributed by atoms with van der Waals surface area (Å²) in [4.78, 5) is 51.9. The first-order valence-electron chi connectivity index (χ1n) is 9.48. The maximum absolute atomic E-state index is 12.6. The molecule has 0 spiro atoms. The molecular weight excluding hydrogens is 362 g/mol. The molecule has 0 radical (unpaired) electrons. The van der Waals surface area contributed by atoms with Crippen LogP contribution >= 0.6 is 0 Å². The number of hydrogen-bond donors (Lipinski definition) is 1. The Balaban J connectivity index is 1.64. The average molecular weight is 387 g/mol. The molecule has 2 aliphatic heterocycles. The Morgan fingerprint density at radius 1 is 1.14 bits per heavy atom. The largest absolute Gasteiger partial charge is 0.385 e. The fourth-order valence-corrected chi connectivity index (χ4v) is 3.61. The number of carbonyl (C=O) groups is 4. The van der Waals surface area contributed by atoms with Crippen molar-refractivity contribution in [2.24, 2.45) is 0 Å². The van der Waals surface area contributed by atoms with Crippen molar-refractivity contribution in [2.45, 2.75) is 32.2 Å².